The van der Waals surface area contributed by atoms with E-state index in [2.05, 4.69) is 0 Å². The highest BCUT2D eigenvalue weighted by Gasteiger charge is 1.97. The van der Waals surface area contributed by atoms with Crippen molar-refractivity contribution >= 4 is 29.8 Å². The summed E-state index contributed by atoms with van der Waals surface area (Å²) in [5, 5.41) is 2.05. The minimum atomic E-state index is 0.778. The Kier molecular flexibility index (Phi) is 1.54. The second-order valence-electron chi connectivity index (χ2n) is 2.79. The fourth-order valence-corrected chi connectivity index (χ4v) is 1.36. The van der Waals surface area contributed by atoms with Gasteiger partial charge in [0.05, 0.1) is 0 Å². The van der Waals surface area contributed by atoms with Crippen LogP contribution in [0.5, 0.6) is 0 Å². The van der Waals surface area contributed by atoms with E-state index in [4.69, 9.17) is 13.6 Å². The Morgan fingerprint density at radius 2 is 1.58 bits per heavy atom. The Labute approximate surface area is 72.6 Å². The Hall–Kier alpha value is -1.44. The van der Waals surface area contributed by atoms with Gasteiger partial charge in [-0.05, 0) is 11.5 Å². The monoisotopic (exact) mass is 153 g/mol. The van der Waals surface area contributed by atoms with E-state index < -0.39 is 0 Å². The van der Waals surface area contributed by atoms with Gasteiger partial charge in [-0.1, -0.05) is 35.8 Å². The quantitative estimate of drug-likeness (QED) is 0.446. The van der Waals surface area contributed by atoms with Crippen LogP contribution in [0.2, 0.25) is 0 Å². The van der Waals surface area contributed by atoms with Gasteiger partial charge in [0, 0.05) is 11.1 Å². The maximum absolute atomic E-state index is 5.77. The molecule has 1 nitrogen and oxygen atoms in total. The Bertz CT molecular complexity index is 382. The van der Waals surface area contributed by atoms with E-state index in [9.17, 15) is 0 Å². The van der Waals surface area contributed by atoms with E-state index in [1.165, 1.54) is 0 Å². The van der Waals surface area contributed by atoms with Gasteiger partial charge in [-0.15, -0.1) is 0 Å². The fraction of sp³-hybridized carbons (Fsp3) is 0. The predicted octanol–water partition coefficient (Wildman–Crippen LogP) is 1.22. The van der Waals surface area contributed by atoms with Gasteiger partial charge in [0.2, 0.25) is 0 Å². The summed E-state index contributed by atoms with van der Waals surface area (Å²) in [6.45, 7) is 0. The van der Waals surface area contributed by atoms with Crippen LogP contribution in [0.1, 0.15) is 0 Å². The van der Waals surface area contributed by atoms with Gasteiger partial charge in [-0.25, -0.2) is 0 Å². The molecule has 0 bridgehead atoms. The fourth-order valence-electron chi connectivity index (χ4n) is 1.36. The van der Waals surface area contributed by atoms with Crippen LogP contribution in [0.4, 0.5) is 5.69 Å². The van der Waals surface area contributed by atoms with Crippen molar-refractivity contribution in [3.63, 3.8) is 0 Å². The average Bonchev–Trinajstić information content (AvgIpc) is 2.07. The van der Waals surface area contributed by atoms with Crippen molar-refractivity contribution < 1.29 is 0 Å². The van der Waals surface area contributed by atoms with Crippen molar-refractivity contribution in [3.05, 3.63) is 36.4 Å². The molecule has 0 spiro atoms. The molecule has 12 heavy (non-hydrogen) atoms. The molecule has 0 aliphatic carbocycles. The van der Waals surface area contributed by atoms with Crippen molar-refractivity contribution in [1.82, 2.24) is 0 Å². The maximum Gasteiger partial charge on any atom is 0.114 e. The number of anilines is 1. The van der Waals surface area contributed by atoms with E-state index in [1.807, 2.05) is 36.4 Å². The number of hydrogen-bond acceptors (Lipinski definition) is 1. The molecule has 2 N–H and O–H groups in total. The van der Waals surface area contributed by atoms with Crippen LogP contribution in [0, 0.1) is 0 Å². The average molecular weight is 153 g/mol. The molecule has 0 unspecified atom stereocenters. The molecule has 0 saturated carbocycles. The first-order valence-corrected chi connectivity index (χ1v) is 3.82. The predicted molar refractivity (Wildman–Crippen MR) is 53.7 cm³/mol. The zero-order chi connectivity index (χ0) is 8.55. The van der Waals surface area contributed by atoms with Crippen LogP contribution in [-0.4, -0.2) is 7.85 Å². The summed E-state index contributed by atoms with van der Waals surface area (Å²) in [6, 6.07) is 11.5. The van der Waals surface area contributed by atoms with E-state index in [1.54, 1.807) is 0 Å². The number of fused-ring (bicyclic) bond motifs is 1. The van der Waals surface area contributed by atoms with E-state index in [0.717, 1.165) is 21.9 Å². The number of nitrogen functional groups attached to an aromatic ring is 1. The highest BCUT2D eigenvalue weighted by atomic mass is 14.5. The molecule has 0 aliphatic heterocycles. The molecule has 2 aromatic carbocycles. The molecule has 2 aromatic rings. The normalized spacial score (nSPS) is 10.3. The lowest BCUT2D eigenvalue weighted by Crippen LogP contribution is -2.03. The van der Waals surface area contributed by atoms with Gasteiger partial charge < -0.3 is 5.73 Å². The maximum atomic E-state index is 5.77. The first-order chi connectivity index (χ1) is 5.79. The molecular weight excluding hydrogens is 145 g/mol. The number of rotatable bonds is 0. The third-order valence-electron chi connectivity index (χ3n) is 1.99. The number of nitrogens with two attached hydrogens (primary N) is 1. The van der Waals surface area contributed by atoms with Crippen molar-refractivity contribution in [2.24, 2.45) is 0 Å². The zero-order valence-corrected chi connectivity index (χ0v) is 6.62. The molecule has 0 amide bonds. The molecule has 0 aliphatic rings. The Morgan fingerprint density at radius 3 is 2.33 bits per heavy atom. The minimum absolute atomic E-state index is 0.778. The van der Waals surface area contributed by atoms with Gasteiger partial charge in [-0.3, -0.25) is 0 Å². The lowest BCUT2D eigenvalue weighted by atomic mass is 9.90. The lowest BCUT2D eigenvalue weighted by Gasteiger charge is -2.03. The Morgan fingerprint density at radius 1 is 0.917 bits per heavy atom. The summed E-state index contributed by atoms with van der Waals surface area (Å²) in [7, 11) is 5.77. The SMILES string of the molecule is [B]c1cccc2c(N)cccc12. The van der Waals surface area contributed by atoms with Crippen LogP contribution in [0.15, 0.2) is 36.4 Å². The van der Waals surface area contributed by atoms with Crippen molar-refractivity contribution in [2.75, 3.05) is 5.73 Å². The molecule has 0 atom stereocenters. The summed E-state index contributed by atoms with van der Waals surface area (Å²) in [5.74, 6) is 0. The van der Waals surface area contributed by atoms with Crippen molar-refractivity contribution in [2.45, 2.75) is 0 Å². The van der Waals surface area contributed by atoms with Crippen LogP contribution in [-0.2, 0) is 0 Å². The molecule has 2 radical (unpaired) electrons. The lowest BCUT2D eigenvalue weighted by molar-refractivity contribution is 1.75. The molecule has 0 heterocycles. The molecule has 56 valence electrons. The van der Waals surface area contributed by atoms with Gasteiger partial charge >= 0.3 is 0 Å². The molecule has 2 heteroatoms. The molecule has 0 fully saturated rings. The Balaban J connectivity index is 2.94. The van der Waals surface area contributed by atoms with Crippen LogP contribution < -0.4 is 11.2 Å². The number of hydrogen-bond donors (Lipinski definition) is 1. The summed E-state index contributed by atoms with van der Waals surface area (Å²) in [6.07, 6.45) is 0. The minimum Gasteiger partial charge on any atom is -0.398 e. The molecule has 0 aromatic heterocycles. The zero-order valence-electron chi connectivity index (χ0n) is 6.62. The van der Waals surface area contributed by atoms with E-state index in [0.29, 0.717) is 0 Å². The van der Waals surface area contributed by atoms with Crippen LogP contribution in [0.25, 0.3) is 10.8 Å². The highest BCUT2D eigenvalue weighted by molar-refractivity contribution is 6.39. The van der Waals surface area contributed by atoms with Gasteiger partial charge in [0.25, 0.3) is 0 Å². The second-order valence-corrected chi connectivity index (χ2v) is 2.79. The topological polar surface area (TPSA) is 26.0 Å². The van der Waals surface area contributed by atoms with E-state index in [-0.39, 0.29) is 0 Å². The van der Waals surface area contributed by atoms with Gasteiger partial charge in [0.15, 0.2) is 0 Å². The first-order valence-electron chi connectivity index (χ1n) is 3.82. The van der Waals surface area contributed by atoms with Gasteiger partial charge in [0.1, 0.15) is 7.85 Å². The number of benzene rings is 2. The smallest absolute Gasteiger partial charge is 0.114 e. The van der Waals surface area contributed by atoms with E-state index >= 15 is 0 Å². The summed E-state index contributed by atoms with van der Waals surface area (Å²) < 4.78 is 0. The van der Waals surface area contributed by atoms with Gasteiger partial charge in [-0.2, -0.15) is 0 Å². The van der Waals surface area contributed by atoms with Crippen LogP contribution >= 0.6 is 0 Å². The van der Waals surface area contributed by atoms with Crippen molar-refractivity contribution in [3.8, 4) is 0 Å². The third-order valence-corrected chi connectivity index (χ3v) is 1.99. The first kappa shape index (κ1) is 7.23. The van der Waals surface area contributed by atoms with Crippen molar-refractivity contribution in [1.29, 1.82) is 0 Å². The summed E-state index contributed by atoms with van der Waals surface area (Å²) >= 11 is 0. The molecule has 0 saturated heterocycles. The molecular formula is C10H8BN. The summed E-state index contributed by atoms with van der Waals surface area (Å²) in [4.78, 5) is 0. The standard InChI is InChI=1S/C10H8BN/c11-9-5-1-4-8-7(9)3-2-6-10(8)12/h1-6H,12H2. The molecule has 2 rings (SSSR count). The van der Waals surface area contributed by atoms with Crippen LogP contribution in [0.3, 0.4) is 0 Å². The second kappa shape index (κ2) is 2.56. The largest absolute Gasteiger partial charge is 0.398 e. The highest BCUT2D eigenvalue weighted by Crippen LogP contribution is 2.17. The summed E-state index contributed by atoms with van der Waals surface area (Å²) in [5.41, 5.74) is 7.32. The third kappa shape index (κ3) is 0.963.